The van der Waals surface area contributed by atoms with Crippen LogP contribution in [-0.2, 0) is 15.1 Å². The van der Waals surface area contributed by atoms with Crippen LogP contribution in [0.2, 0.25) is 0 Å². The molecule has 232 valence electrons. The van der Waals surface area contributed by atoms with Crippen molar-refractivity contribution in [2.45, 2.75) is 194 Å². The topological polar surface area (TPSA) is 83.8 Å². The summed E-state index contributed by atoms with van der Waals surface area (Å²) in [6.45, 7) is 6.59. The Kier molecular flexibility index (Phi) is 36.7. The molecule has 0 aliphatic carbocycles. The third-order valence-electron chi connectivity index (χ3n) is 7.28. The van der Waals surface area contributed by atoms with Crippen LogP contribution in [0.1, 0.15) is 194 Å². The van der Waals surface area contributed by atoms with Crippen molar-refractivity contribution in [2.24, 2.45) is 0 Å². The smallest absolute Gasteiger partial charge is 0.381 e. The number of hydrogen-bond acceptors (Lipinski definition) is 3. The third-order valence-corrected chi connectivity index (χ3v) is 7.28. The van der Waals surface area contributed by atoms with Crippen LogP contribution >= 0.6 is 0 Å². The maximum atomic E-state index is 8.74. The molecule has 0 aliphatic heterocycles. The van der Waals surface area contributed by atoms with Gasteiger partial charge >= 0.3 is 10.4 Å². The second kappa shape index (κ2) is 34.9. The van der Waals surface area contributed by atoms with Crippen LogP contribution in [0.4, 0.5) is 0 Å². The lowest BCUT2D eigenvalue weighted by Crippen LogP contribution is -1.97. The Morgan fingerprint density at radius 2 is 0.526 bits per heavy atom. The van der Waals surface area contributed by atoms with E-state index < -0.39 is 10.4 Å². The van der Waals surface area contributed by atoms with E-state index in [-0.39, 0.29) is 0 Å². The van der Waals surface area contributed by atoms with Crippen LogP contribution in [0.5, 0.6) is 0 Å². The van der Waals surface area contributed by atoms with Crippen molar-refractivity contribution >= 4 is 10.4 Å². The molecule has 0 fully saturated rings. The van der Waals surface area contributed by atoms with Crippen molar-refractivity contribution < 1.29 is 22.3 Å². The highest BCUT2D eigenvalue weighted by Gasteiger charge is 1.96. The fraction of sp³-hybridized carbons (Fsp3) is 1.00. The first-order valence-corrected chi connectivity index (χ1v) is 18.1. The van der Waals surface area contributed by atoms with Crippen molar-refractivity contribution in [1.29, 1.82) is 0 Å². The Hall–Kier alpha value is -0.170. The molecule has 0 atom stereocenters. The number of hydrogen-bond donors (Lipinski definition) is 2. The molecule has 0 aromatic rings. The molecule has 0 aromatic heterocycles. The average Bonchev–Trinajstić information content (AvgIpc) is 2.87. The maximum Gasteiger partial charge on any atom is 0.394 e. The van der Waals surface area contributed by atoms with E-state index in [1.807, 2.05) is 0 Å². The van der Waals surface area contributed by atoms with E-state index in [1.54, 1.807) is 0 Å². The van der Waals surface area contributed by atoms with Gasteiger partial charge in [0.05, 0.1) is 0 Å². The molecule has 2 N–H and O–H groups in total. The summed E-state index contributed by atoms with van der Waals surface area (Å²) in [4.78, 5) is 0. The van der Waals surface area contributed by atoms with Gasteiger partial charge in [-0.25, -0.2) is 0 Å². The van der Waals surface area contributed by atoms with E-state index >= 15 is 0 Å². The molecule has 0 aliphatic rings. The largest absolute Gasteiger partial charge is 0.394 e. The predicted molar refractivity (Wildman–Crippen MR) is 166 cm³/mol. The van der Waals surface area contributed by atoms with Crippen LogP contribution in [0.3, 0.4) is 0 Å². The van der Waals surface area contributed by atoms with Gasteiger partial charge in [0.2, 0.25) is 0 Å². The highest BCUT2D eigenvalue weighted by Crippen LogP contribution is 2.14. The molecule has 0 unspecified atom stereocenters. The molecular weight excluding hydrogens is 496 g/mol. The standard InChI is InChI=1S/C32H66O.H2O4S/c1-3-5-7-9-11-13-15-17-19-21-23-25-27-29-31-33-32-30-28-26-24-22-20-18-16-14-12-10-8-6-4-2;1-5(2,3)4/h3-32H2,1-2H3;(H2,1,2,3,4). The van der Waals surface area contributed by atoms with Gasteiger partial charge in [-0.3, -0.25) is 9.11 Å². The summed E-state index contributed by atoms with van der Waals surface area (Å²) in [6.07, 6.45) is 40.1. The lowest BCUT2D eigenvalue weighted by molar-refractivity contribution is 0.125. The fourth-order valence-corrected chi connectivity index (χ4v) is 4.90. The molecule has 0 bridgehead atoms. The Balaban J connectivity index is 0. The Morgan fingerprint density at radius 1 is 0.368 bits per heavy atom. The van der Waals surface area contributed by atoms with E-state index in [4.69, 9.17) is 22.3 Å². The zero-order valence-corrected chi connectivity index (χ0v) is 26.6. The Labute approximate surface area is 239 Å². The summed E-state index contributed by atoms with van der Waals surface area (Å²) in [5.41, 5.74) is 0. The maximum absolute atomic E-state index is 8.74. The van der Waals surface area contributed by atoms with Crippen molar-refractivity contribution in [3.63, 3.8) is 0 Å². The monoisotopic (exact) mass is 564 g/mol. The second-order valence-electron chi connectivity index (χ2n) is 11.3. The highest BCUT2D eigenvalue weighted by molar-refractivity contribution is 7.79. The van der Waals surface area contributed by atoms with Crippen LogP contribution < -0.4 is 0 Å². The van der Waals surface area contributed by atoms with Gasteiger partial charge in [-0.2, -0.15) is 8.42 Å². The van der Waals surface area contributed by atoms with Crippen molar-refractivity contribution in [3.8, 4) is 0 Å². The van der Waals surface area contributed by atoms with Gasteiger partial charge in [-0.05, 0) is 12.8 Å². The van der Waals surface area contributed by atoms with Crippen LogP contribution in [0.15, 0.2) is 0 Å². The van der Waals surface area contributed by atoms with E-state index in [9.17, 15) is 0 Å². The van der Waals surface area contributed by atoms with E-state index in [1.165, 1.54) is 180 Å². The molecule has 38 heavy (non-hydrogen) atoms. The minimum atomic E-state index is -4.67. The van der Waals surface area contributed by atoms with Crippen LogP contribution in [0, 0.1) is 0 Å². The van der Waals surface area contributed by atoms with Gasteiger partial charge in [0.25, 0.3) is 0 Å². The number of ether oxygens (including phenoxy) is 1. The second-order valence-corrected chi connectivity index (χ2v) is 12.1. The predicted octanol–water partition coefficient (Wildman–Crippen LogP) is 11.3. The van der Waals surface area contributed by atoms with Crippen LogP contribution in [0.25, 0.3) is 0 Å². The van der Waals surface area contributed by atoms with E-state index in [0.717, 1.165) is 13.2 Å². The molecule has 0 aromatic carbocycles. The highest BCUT2D eigenvalue weighted by atomic mass is 32.3. The quantitative estimate of drug-likeness (QED) is 0.0669. The Morgan fingerprint density at radius 3 is 0.711 bits per heavy atom. The zero-order valence-electron chi connectivity index (χ0n) is 25.7. The van der Waals surface area contributed by atoms with Gasteiger partial charge in [0, 0.05) is 13.2 Å². The van der Waals surface area contributed by atoms with Crippen molar-refractivity contribution in [1.82, 2.24) is 0 Å². The molecule has 0 saturated heterocycles. The summed E-state index contributed by atoms with van der Waals surface area (Å²) >= 11 is 0. The van der Waals surface area contributed by atoms with Gasteiger partial charge in [0.15, 0.2) is 0 Å². The minimum Gasteiger partial charge on any atom is -0.381 e. The summed E-state index contributed by atoms with van der Waals surface area (Å²) in [5, 5.41) is 0. The van der Waals surface area contributed by atoms with E-state index in [0.29, 0.717) is 0 Å². The lowest BCUT2D eigenvalue weighted by atomic mass is 10.0. The summed E-state index contributed by atoms with van der Waals surface area (Å²) in [6, 6.07) is 0. The first-order valence-electron chi connectivity index (χ1n) is 16.7. The first-order chi connectivity index (χ1) is 18.4. The lowest BCUT2D eigenvalue weighted by Gasteiger charge is -2.05. The number of rotatable bonds is 30. The summed E-state index contributed by atoms with van der Waals surface area (Å²) < 4.78 is 37.4. The molecule has 0 radical (unpaired) electrons. The zero-order chi connectivity index (χ0) is 28.4. The summed E-state index contributed by atoms with van der Waals surface area (Å²) in [5.74, 6) is 0. The van der Waals surface area contributed by atoms with Crippen molar-refractivity contribution in [3.05, 3.63) is 0 Å². The average molecular weight is 565 g/mol. The van der Waals surface area contributed by atoms with Gasteiger partial charge in [-0.1, -0.05) is 181 Å². The molecule has 0 rings (SSSR count). The summed E-state index contributed by atoms with van der Waals surface area (Å²) in [7, 11) is -4.67. The van der Waals surface area contributed by atoms with Gasteiger partial charge in [-0.15, -0.1) is 0 Å². The minimum absolute atomic E-state index is 0.997. The normalized spacial score (nSPS) is 11.5. The third kappa shape index (κ3) is 48.8. The molecule has 6 heteroatoms. The van der Waals surface area contributed by atoms with Crippen LogP contribution in [-0.4, -0.2) is 30.7 Å². The molecular formula is C32H68O5S. The molecule has 5 nitrogen and oxygen atoms in total. The molecule has 0 spiro atoms. The Bertz CT molecular complexity index is 472. The fourth-order valence-electron chi connectivity index (χ4n) is 4.90. The van der Waals surface area contributed by atoms with Gasteiger partial charge < -0.3 is 4.74 Å². The number of unbranched alkanes of at least 4 members (excludes halogenated alkanes) is 26. The molecule has 0 amide bonds. The first kappa shape index (κ1) is 40.0. The van der Waals surface area contributed by atoms with E-state index in [2.05, 4.69) is 13.8 Å². The SMILES string of the molecule is CCCCCCCCCCCCCCCCOCCCCCCCCCCCCCCCC.O=S(=O)(O)O. The molecule has 0 heterocycles. The molecule has 0 saturated carbocycles. The van der Waals surface area contributed by atoms with Gasteiger partial charge in [0.1, 0.15) is 0 Å². The van der Waals surface area contributed by atoms with Crippen molar-refractivity contribution in [2.75, 3.05) is 13.2 Å².